The SMILES string of the molecule is c1ccc(-c2ccc(-c3nc(-n4c5ccc6ccccc6c5c5c6ccccc6ccc54)nc4ccc(-c5ccccc5)cc34)cc2)cc1. The van der Waals surface area contributed by atoms with E-state index in [4.69, 9.17) is 9.97 Å². The van der Waals surface area contributed by atoms with Crippen molar-refractivity contribution in [3.8, 4) is 39.5 Å². The molecule has 0 fully saturated rings. The first-order chi connectivity index (χ1) is 24.3. The summed E-state index contributed by atoms with van der Waals surface area (Å²) in [4.78, 5) is 10.8. The largest absolute Gasteiger partial charge is 0.278 e. The molecule has 49 heavy (non-hydrogen) atoms. The van der Waals surface area contributed by atoms with Crippen LogP contribution in [-0.4, -0.2) is 14.5 Å². The van der Waals surface area contributed by atoms with E-state index >= 15 is 0 Å². The van der Waals surface area contributed by atoms with Crippen LogP contribution in [0.2, 0.25) is 0 Å². The number of benzene rings is 8. The van der Waals surface area contributed by atoms with Gasteiger partial charge in [-0.3, -0.25) is 4.57 Å². The highest BCUT2D eigenvalue weighted by atomic mass is 15.2. The summed E-state index contributed by atoms with van der Waals surface area (Å²) >= 11 is 0. The van der Waals surface area contributed by atoms with Crippen molar-refractivity contribution < 1.29 is 0 Å². The molecular weight excluding hydrogens is 595 g/mol. The van der Waals surface area contributed by atoms with E-state index in [1.54, 1.807) is 0 Å². The number of hydrogen-bond donors (Lipinski definition) is 0. The Labute approximate surface area is 283 Å². The minimum Gasteiger partial charge on any atom is -0.278 e. The van der Waals surface area contributed by atoms with E-state index in [2.05, 4.69) is 180 Å². The van der Waals surface area contributed by atoms with Gasteiger partial charge >= 0.3 is 0 Å². The van der Waals surface area contributed by atoms with E-state index in [0.29, 0.717) is 5.95 Å². The highest BCUT2D eigenvalue weighted by molar-refractivity contribution is 6.28. The van der Waals surface area contributed by atoms with Crippen molar-refractivity contribution in [2.24, 2.45) is 0 Å². The third kappa shape index (κ3) is 4.44. The Morgan fingerprint density at radius 1 is 0.347 bits per heavy atom. The third-order valence-corrected chi connectivity index (χ3v) is 9.80. The Kier molecular flexibility index (Phi) is 6.18. The van der Waals surface area contributed by atoms with Crippen LogP contribution in [0.15, 0.2) is 176 Å². The molecule has 0 bridgehead atoms. The molecule has 10 aromatic rings. The Hall–Kier alpha value is -6.58. The molecule has 2 heterocycles. The lowest BCUT2D eigenvalue weighted by Crippen LogP contribution is -2.03. The summed E-state index contributed by atoms with van der Waals surface area (Å²) in [5, 5.41) is 8.36. The van der Waals surface area contributed by atoms with Crippen LogP contribution in [0.4, 0.5) is 0 Å². The zero-order chi connectivity index (χ0) is 32.3. The fourth-order valence-corrected chi connectivity index (χ4v) is 7.46. The molecule has 0 amide bonds. The average Bonchev–Trinajstić information content (AvgIpc) is 3.53. The smallest absolute Gasteiger partial charge is 0.235 e. The van der Waals surface area contributed by atoms with Crippen molar-refractivity contribution in [2.45, 2.75) is 0 Å². The molecule has 3 heteroatoms. The van der Waals surface area contributed by atoms with Crippen molar-refractivity contribution in [1.82, 2.24) is 14.5 Å². The quantitative estimate of drug-likeness (QED) is 0.195. The summed E-state index contributed by atoms with van der Waals surface area (Å²) < 4.78 is 2.26. The maximum atomic E-state index is 5.46. The van der Waals surface area contributed by atoms with Crippen LogP contribution in [0, 0.1) is 0 Å². The molecule has 0 saturated heterocycles. The molecular formula is C46H29N3. The first-order valence-corrected chi connectivity index (χ1v) is 16.7. The van der Waals surface area contributed by atoms with Crippen molar-refractivity contribution in [2.75, 3.05) is 0 Å². The van der Waals surface area contributed by atoms with E-state index in [9.17, 15) is 0 Å². The van der Waals surface area contributed by atoms with Gasteiger partial charge in [0.15, 0.2) is 0 Å². The second kappa shape index (κ2) is 11.0. The fraction of sp³-hybridized carbons (Fsp3) is 0. The normalized spacial score (nSPS) is 11.7. The number of hydrogen-bond acceptors (Lipinski definition) is 2. The lowest BCUT2D eigenvalue weighted by molar-refractivity contribution is 1.01. The highest BCUT2D eigenvalue weighted by Crippen LogP contribution is 2.41. The minimum absolute atomic E-state index is 0.660. The zero-order valence-corrected chi connectivity index (χ0v) is 26.6. The maximum Gasteiger partial charge on any atom is 0.235 e. The van der Waals surface area contributed by atoms with Crippen molar-refractivity contribution in [3.63, 3.8) is 0 Å². The van der Waals surface area contributed by atoms with Gasteiger partial charge in [0.25, 0.3) is 0 Å². The molecule has 0 aliphatic heterocycles. The van der Waals surface area contributed by atoms with Crippen molar-refractivity contribution in [1.29, 1.82) is 0 Å². The monoisotopic (exact) mass is 623 g/mol. The Balaban J connectivity index is 1.28. The molecule has 228 valence electrons. The van der Waals surface area contributed by atoms with Crippen molar-refractivity contribution >= 4 is 54.3 Å². The van der Waals surface area contributed by atoms with E-state index in [-0.39, 0.29) is 0 Å². The third-order valence-electron chi connectivity index (χ3n) is 9.80. The molecule has 0 spiro atoms. The van der Waals surface area contributed by atoms with Crippen LogP contribution in [-0.2, 0) is 0 Å². The number of nitrogens with zero attached hydrogens (tertiary/aromatic N) is 3. The van der Waals surface area contributed by atoms with E-state index in [0.717, 1.165) is 38.8 Å². The van der Waals surface area contributed by atoms with Crippen LogP contribution < -0.4 is 0 Å². The second-order valence-corrected chi connectivity index (χ2v) is 12.6. The fourth-order valence-electron chi connectivity index (χ4n) is 7.46. The summed E-state index contributed by atoms with van der Waals surface area (Å²) in [5.74, 6) is 0.660. The van der Waals surface area contributed by atoms with Gasteiger partial charge in [-0.1, -0.05) is 152 Å². The second-order valence-electron chi connectivity index (χ2n) is 12.6. The standard InChI is InChI=1S/C46H29N3/c1-3-11-30(12-4-1)32-19-21-35(22-20-32)45-39-29-36(31-13-5-2-6-14-31)23-26-40(39)47-46(48-45)49-41-27-24-33-15-7-9-17-37(33)43(41)44-38-18-10-8-16-34(38)25-28-42(44)49/h1-29H. The maximum absolute atomic E-state index is 5.46. The summed E-state index contributed by atoms with van der Waals surface area (Å²) in [6.45, 7) is 0. The van der Waals surface area contributed by atoms with E-state index < -0.39 is 0 Å². The first-order valence-electron chi connectivity index (χ1n) is 16.7. The molecule has 0 aliphatic carbocycles. The lowest BCUT2D eigenvalue weighted by atomic mass is 9.98. The number of rotatable bonds is 4. The van der Waals surface area contributed by atoms with E-state index in [1.807, 2.05) is 0 Å². The van der Waals surface area contributed by atoms with Crippen LogP contribution in [0.5, 0.6) is 0 Å². The summed E-state index contributed by atoms with van der Waals surface area (Å²) in [7, 11) is 0. The van der Waals surface area contributed by atoms with Crippen LogP contribution in [0.25, 0.3) is 93.7 Å². The van der Waals surface area contributed by atoms with Gasteiger partial charge in [0.05, 0.1) is 22.2 Å². The van der Waals surface area contributed by atoms with Crippen LogP contribution >= 0.6 is 0 Å². The lowest BCUT2D eigenvalue weighted by Gasteiger charge is -2.13. The summed E-state index contributed by atoms with van der Waals surface area (Å²) in [5.41, 5.74) is 9.73. The molecule has 3 nitrogen and oxygen atoms in total. The van der Waals surface area contributed by atoms with Gasteiger partial charge in [0, 0.05) is 21.7 Å². The molecule has 10 rings (SSSR count). The molecule has 0 unspecified atom stereocenters. The number of fused-ring (bicyclic) bond motifs is 8. The van der Waals surface area contributed by atoms with Gasteiger partial charge in [-0.25, -0.2) is 9.97 Å². The van der Waals surface area contributed by atoms with E-state index in [1.165, 1.54) is 49.0 Å². The minimum atomic E-state index is 0.660. The van der Waals surface area contributed by atoms with Gasteiger partial charge in [-0.05, 0) is 68.1 Å². The Morgan fingerprint density at radius 3 is 1.45 bits per heavy atom. The van der Waals surface area contributed by atoms with Crippen molar-refractivity contribution in [3.05, 3.63) is 176 Å². The molecule has 2 aromatic heterocycles. The summed E-state index contributed by atoms with van der Waals surface area (Å²) in [6, 6.07) is 62.5. The molecule has 0 N–H and O–H groups in total. The molecule has 0 saturated carbocycles. The van der Waals surface area contributed by atoms with Gasteiger partial charge in [0.2, 0.25) is 5.95 Å². The Bertz CT molecular complexity index is 2760. The van der Waals surface area contributed by atoms with Gasteiger partial charge in [-0.2, -0.15) is 0 Å². The Morgan fingerprint density at radius 2 is 0.837 bits per heavy atom. The predicted molar refractivity (Wildman–Crippen MR) is 205 cm³/mol. The molecule has 0 atom stereocenters. The van der Waals surface area contributed by atoms with Gasteiger partial charge in [-0.15, -0.1) is 0 Å². The zero-order valence-electron chi connectivity index (χ0n) is 26.6. The van der Waals surface area contributed by atoms with Crippen LogP contribution in [0.3, 0.4) is 0 Å². The van der Waals surface area contributed by atoms with Gasteiger partial charge in [0.1, 0.15) is 0 Å². The van der Waals surface area contributed by atoms with Crippen LogP contribution in [0.1, 0.15) is 0 Å². The first kappa shape index (κ1) is 27.5. The summed E-state index contributed by atoms with van der Waals surface area (Å²) in [6.07, 6.45) is 0. The molecule has 0 radical (unpaired) electrons. The number of aromatic nitrogens is 3. The molecule has 8 aromatic carbocycles. The topological polar surface area (TPSA) is 30.7 Å². The molecule has 0 aliphatic rings. The highest BCUT2D eigenvalue weighted by Gasteiger charge is 2.20. The predicted octanol–water partition coefficient (Wildman–Crippen LogP) is 12.0. The van der Waals surface area contributed by atoms with Gasteiger partial charge < -0.3 is 0 Å². The average molecular weight is 624 g/mol.